The molecule has 0 aromatic rings. The van der Waals surface area contributed by atoms with Crippen LogP contribution >= 0.6 is 0 Å². The highest BCUT2D eigenvalue weighted by molar-refractivity contribution is 5.34. The predicted molar refractivity (Wildman–Crippen MR) is 49.3 cm³/mol. The minimum atomic E-state index is 0.147. The molecule has 68 valence electrons. The van der Waals surface area contributed by atoms with E-state index in [9.17, 15) is 0 Å². The number of hydrogen-bond acceptors (Lipinski definition) is 3. The van der Waals surface area contributed by atoms with Gasteiger partial charge in [-0.15, -0.1) is 0 Å². The molecule has 1 fully saturated rings. The molecule has 0 aromatic carbocycles. The molecule has 1 N–H and O–H groups in total. The minimum Gasteiger partial charge on any atom is -0.389 e. The molecular weight excluding hydrogens is 162 g/mol. The fraction of sp³-hybridized carbons (Fsp3) is 0.600. The maximum absolute atomic E-state index is 8.41. The molecule has 0 atom stereocenters. The number of nitrogens with zero attached hydrogens (tertiary/aromatic N) is 2. The third-order valence-electron chi connectivity index (χ3n) is 2.41. The summed E-state index contributed by atoms with van der Waals surface area (Å²) in [5.41, 5.74) is 0.147. The Morgan fingerprint density at radius 3 is 2.54 bits per heavy atom. The largest absolute Gasteiger partial charge is 0.389 e. The van der Waals surface area contributed by atoms with Gasteiger partial charge < -0.3 is 5.32 Å². The zero-order chi connectivity index (χ0) is 9.52. The molecule has 0 heterocycles. The van der Waals surface area contributed by atoms with Crippen LogP contribution in [0, 0.1) is 28.6 Å². The molecule has 13 heavy (non-hydrogen) atoms. The molecule has 0 radical (unpaired) electrons. The number of hydrogen-bond donors (Lipinski definition) is 1. The quantitative estimate of drug-likeness (QED) is 0.522. The van der Waals surface area contributed by atoms with E-state index in [1.807, 2.05) is 0 Å². The lowest BCUT2D eigenvalue weighted by atomic mass is 9.83. The molecule has 0 aliphatic heterocycles. The van der Waals surface area contributed by atoms with E-state index in [4.69, 9.17) is 10.5 Å². The Morgan fingerprint density at radius 1 is 1.38 bits per heavy atom. The van der Waals surface area contributed by atoms with Crippen molar-refractivity contribution < 1.29 is 0 Å². The van der Waals surface area contributed by atoms with Crippen molar-refractivity contribution in [3.05, 3.63) is 11.8 Å². The highest BCUT2D eigenvalue weighted by atomic mass is 14.8. The first kappa shape index (κ1) is 9.61. The van der Waals surface area contributed by atoms with Crippen LogP contribution in [0.25, 0.3) is 0 Å². The second-order valence-electron chi connectivity index (χ2n) is 3.32. The van der Waals surface area contributed by atoms with E-state index in [2.05, 4.69) is 5.32 Å². The van der Waals surface area contributed by atoms with Crippen molar-refractivity contribution in [2.24, 2.45) is 5.92 Å². The molecule has 0 saturated heterocycles. The molecule has 1 saturated carbocycles. The van der Waals surface area contributed by atoms with Crippen molar-refractivity contribution in [3.8, 4) is 12.1 Å². The Bertz CT molecular complexity index is 247. The number of rotatable bonds is 4. The van der Waals surface area contributed by atoms with E-state index in [0.717, 1.165) is 18.9 Å². The molecule has 1 rings (SSSR count). The summed E-state index contributed by atoms with van der Waals surface area (Å²) in [6.07, 6.45) is 6.70. The van der Waals surface area contributed by atoms with Crippen LogP contribution in [0.5, 0.6) is 0 Å². The predicted octanol–water partition coefficient (Wildman–Crippen LogP) is 1.70. The smallest absolute Gasteiger partial charge is 0.145 e. The highest BCUT2D eigenvalue weighted by Crippen LogP contribution is 2.28. The number of nitrogens with one attached hydrogen (secondary N) is 1. The Kier molecular flexibility index (Phi) is 3.85. The summed E-state index contributed by atoms with van der Waals surface area (Å²) < 4.78 is 0. The Morgan fingerprint density at radius 2 is 2.08 bits per heavy atom. The normalized spacial score (nSPS) is 14.9. The summed E-state index contributed by atoms with van der Waals surface area (Å²) >= 11 is 0. The summed E-state index contributed by atoms with van der Waals surface area (Å²) in [4.78, 5) is 0. The SMILES string of the molecule is N#CC(C#N)=CNCCC1CCC1. The standard InChI is InChI=1S/C10H13N3/c11-6-10(7-12)8-13-5-4-9-2-1-3-9/h8-9,13H,1-5H2. The van der Waals surface area contributed by atoms with Crippen molar-refractivity contribution in [1.82, 2.24) is 5.32 Å². The van der Waals surface area contributed by atoms with E-state index in [-0.39, 0.29) is 5.57 Å². The maximum Gasteiger partial charge on any atom is 0.145 e. The van der Waals surface area contributed by atoms with Crippen LogP contribution in [0.1, 0.15) is 25.7 Å². The fourth-order valence-corrected chi connectivity index (χ4v) is 1.33. The first-order chi connectivity index (χ1) is 6.36. The second-order valence-corrected chi connectivity index (χ2v) is 3.32. The van der Waals surface area contributed by atoms with Gasteiger partial charge in [-0.1, -0.05) is 19.3 Å². The number of allylic oxidation sites excluding steroid dienone is 1. The lowest BCUT2D eigenvalue weighted by Gasteiger charge is -2.24. The number of nitriles is 2. The molecule has 0 aromatic heterocycles. The van der Waals surface area contributed by atoms with Gasteiger partial charge in [0.2, 0.25) is 0 Å². The van der Waals surface area contributed by atoms with E-state index in [1.165, 1.54) is 25.5 Å². The molecular formula is C10H13N3. The van der Waals surface area contributed by atoms with E-state index in [1.54, 1.807) is 12.1 Å². The molecule has 0 amide bonds. The molecule has 1 aliphatic carbocycles. The van der Waals surface area contributed by atoms with Gasteiger partial charge in [0.1, 0.15) is 17.7 Å². The first-order valence-electron chi connectivity index (χ1n) is 4.60. The van der Waals surface area contributed by atoms with Crippen LogP contribution in [0.3, 0.4) is 0 Å². The van der Waals surface area contributed by atoms with Gasteiger partial charge in [-0.3, -0.25) is 0 Å². The first-order valence-corrected chi connectivity index (χ1v) is 4.60. The molecule has 3 nitrogen and oxygen atoms in total. The van der Waals surface area contributed by atoms with Gasteiger partial charge in [0, 0.05) is 12.7 Å². The van der Waals surface area contributed by atoms with Crippen LogP contribution in [-0.4, -0.2) is 6.54 Å². The summed E-state index contributed by atoms with van der Waals surface area (Å²) in [5, 5.41) is 19.8. The lowest BCUT2D eigenvalue weighted by molar-refractivity contribution is 0.296. The third kappa shape index (κ3) is 3.17. The van der Waals surface area contributed by atoms with Crippen molar-refractivity contribution in [3.63, 3.8) is 0 Å². The topological polar surface area (TPSA) is 59.6 Å². The van der Waals surface area contributed by atoms with Gasteiger partial charge in [0.05, 0.1) is 0 Å². The molecule has 0 unspecified atom stereocenters. The van der Waals surface area contributed by atoms with Gasteiger partial charge in [0.25, 0.3) is 0 Å². The van der Waals surface area contributed by atoms with Crippen molar-refractivity contribution in [2.75, 3.05) is 6.54 Å². The summed E-state index contributed by atoms with van der Waals surface area (Å²) in [6, 6.07) is 3.61. The van der Waals surface area contributed by atoms with Crippen molar-refractivity contribution in [1.29, 1.82) is 10.5 Å². The molecule has 0 spiro atoms. The minimum absolute atomic E-state index is 0.147. The average molecular weight is 175 g/mol. The molecule has 0 bridgehead atoms. The van der Waals surface area contributed by atoms with Crippen LogP contribution < -0.4 is 5.32 Å². The zero-order valence-electron chi connectivity index (χ0n) is 7.58. The Balaban J connectivity index is 2.09. The van der Waals surface area contributed by atoms with Crippen LogP contribution in [-0.2, 0) is 0 Å². The lowest BCUT2D eigenvalue weighted by Crippen LogP contribution is -2.18. The molecule has 1 aliphatic rings. The highest BCUT2D eigenvalue weighted by Gasteiger charge is 2.15. The van der Waals surface area contributed by atoms with Gasteiger partial charge >= 0.3 is 0 Å². The van der Waals surface area contributed by atoms with Gasteiger partial charge in [-0.05, 0) is 12.3 Å². The van der Waals surface area contributed by atoms with Crippen molar-refractivity contribution in [2.45, 2.75) is 25.7 Å². The van der Waals surface area contributed by atoms with Crippen LogP contribution in [0.4, 0.5) is 0 Å². The fourth-order valence-electron chi connectivity index (χ4n) is 1.33. The van der Waals surface area contributed by atoms with E-state index < -0.39 is 0 Å². The zero-order valence-corrected chi connectivity index (χ0v) is 7.58. The van der Waals surface area contributed by atoms with Crippen molar-refractivity contribution >= 4 is 0 Å². The summed E-state index contributed by atoms with van der Waals surface area (Å²) in [6.45, 7) is 0.873. The van der Waals surface area contributed by atoms with Gasteiger partial charge in [-0.2, -0.15) is 10.5 Å². The second kappa shape index (κ2) is 5.22. The Labute approximate surface area is 78.7 Å². The van der Waals surface area contributed by atoms with Gasteiger partial charge in [0.15, 0.2) is 0 Å². The van der Waals surface area contributed by atoms with Gasteiger partial charge in [-0.25, -0.2) is 0 Å². The van der Waals surface area contributed by atoms with E-state index >= 15 is 0 Å². The monoisotopic (exact) mass is 175 g/mol. The Hall–Kier alpha value is -1.48. The molecule has 3 heteroatoms. The van der Waals surface area contributed by atoms with Crippen LogP contribution in [0.15, 0.2) is 11.8 Å². The average Bonchev–Trinajstić information content (AvgIpc) is 2.08. The maximum atomic E-state index is 8.41. The third-order valence-corrected chi connectivity index (χ3v) is 2.41. The van der Waals surface area contributed by atoms with Crippen LogP contribution in [0.2, 0.25) is 0 Å². The summed E-state index contributed by atoms with van der Waals surface area (Å²) in [5.74, 6) is 0.869. The van der Waals surface area contributed by atoms with E-state index in [0.29, 0.717) is 0 Å². The summed E-state index contributed by atoms with van der Waals surface area (Å²) in [7, 11) is 0.